The molecule has 1 N–H and O–H groups in total. The average molecular weight is 380 g/mol. The molecule has 3 aromatic carbocycles. The number of amides is 1. The molecule has 0 saturated heterocycles. The van der Waals surface area contributed by atoms with Gasteiger partial charge in [0.2, 0.25) is 0 Å². The zero-order valence-corrected chi connectivity index (χ0v) is 16.2. The fourth-order valence-electron chi connectivity index (χ4n) is 3.70. The summed E-state index contributed by atoms with van der Waals surface area (Å²) in [4.78, 5) is 14.4. The normalized spacial score (nSPS) is 13.4. The van der Waals surface area contributed by atoms with Crippen LogP contribution in [-0.2, 0) is 10.0 Å². The molecule has 3 aromatic rings. The lowest BCUT2D eigenvalue weighted by Crippen LogP contribution is -2.25. The van der Waals surface area contributed by atoms with Crippen molar-refractivity contribution in [1.29, 1.82) is 0 Å². The van der Waals surface area contributed by atoms with Crippen molar-refractivity contribution >= 4 is 38.1 Å². The van der Waals surface area contributed by atoms with Crippen molar-refractivity contribution in [2.45, 2.75) is 25.7 Å². The summed E-state index contributed by atoms with van der Waals surface area (Å²) in [6, 6.07) is 14.1. The Hall–Kier alpha value is -2.86. The van der Waals surface area contributed by atoms with Gasteiger partial charge in [0.25, 0.3) is 15.9 Å². The van der Waals surface area contributed by atoms with Crippen LogP contribution in [0.2, 0.25) is 0 Å². The number of nitrogens with one attached hydrogen (secondary N) is 1. The maximum atomic E-state index is 13.1. The number of nitrogens with zero attached hydrogens (tertiary/aromatic N) is 1. The molecule has 0 spiro atoms. The molecule has 27 heavy (non-hydrogen) atoms. The summed E-state index contributed by atoms with van der Waals surface area (Å²) in [5.41, 5.74) is 3.79. The molecule has 1 heterocycles. The monoisotopic (exact) mass is 380 g/mol. The lowest BCUT2D eigenvalue weighted by Gasteiger charge is -2.16. The molecule has 5 nitrogen and oxygen atoms in total. The number of anilines is 2. The van der Waals surface area contributed by atoms with E-state index in [9.17, 15) is 13.2 Å². The zero-order valence-electron chi connectivity index (χ0n) is 15.4. The van der Waals surface area contributed by atoms with E-state index in [1.807, 2.05) is 32.9 Å². The Morgan fingerprint density at radius 3 is 2.52 bits per heavy atom. The minimum atomic E-state index is -3.80. The van der Waals surface area contributed by atoms with Crippen LogP contribution in [0.4, 0.5) is 11.4 Å². The fraction of sp³-hybridized carbons (Fsp3) is 0.190. The Labute approximate surface area is 158 Å². The minimum Gasteiger partial charge on any atom is -0.308 e. The Bertz CT molecular complexity index is 1200. The molecule has 0 unspecified atom stereocenters. The van der Waals surface area contributed by atoms with Gasteiger partial charge in [-0.25, -0.2) is 8.42 Å². The number of hydrogen-bond acceptors (Lipinski definition) is 3. The molecule has 138 valence electrons. The summed E-state index contributed by atoms with van der Waals surface area (Å²) in [5, 5.41) is 1.26. The topological polar surface area (TPSA) is 66.5 Å². The first kappa shape index (κ1) is 17.5. The van der Waals surface area contributed by atoms with E-state index in [0.29, 0.717) is 28.6 Å². The van der Waals surface area contributed by atoms with Crippen molar-refractivity contribution in [3.8, 4) is 0 Å². The fourth-order valence-corrected chi connectivity index (χ4v) is 5.03. The summed E-state index contributed by atoms with van der Waals surface area (Å²) in [6.45, 7) is 6.28. The molecular formula is C21H20N2O3S. The van der Waals surface area contributed by atoms with Gasteiger partial charge in [-0.05, 0) is 50.6 Å². The smallest absolute Gasteiger partial charge is 0.262 e. The summed E-state index contributed by atoms with van der Waals surface area (Å²) >= 11 is 0. The third-order valence-corrected chi connectivity index (χ3v) is 6.40. The number of rotatable bonds is 4. The molecule has 4 rings (SSSR count). The molecule has 6 heteroatoms. The first-order valence-electron chi connectivity index (χ1n) is 8.81. The Morgan fingerprint density at radius 1 is 1.04 bits per heavy atom. The minimum absolute atomic E-state index is 0.0880. The predicted molar refractivity (Wildman–Crippen MR) is 108 cm³/mol. The Morgan fingerprint density at radius 2 is 1.81 bits per heavy atom. The molecule has 0 atom stereocenters. The largest absolute Gasteiger partial charge is 0.308 e. The van der Waals surface area contributed by atoms with Gasteiger partial charge >= 0.3 is 0 Å². The highest BCUT2D eigenvalue weighted by atomic mass is 32.2. The van der Waals surface area contributed by atoms with Crippen LogP contribution in [0.1, 0.15) is 28.4 Å². The van der Waals surface area contributed by atoms with E-state index in [2.05, 4.69) is 4.72 Å². The van der Waals surface area contributed by atoms with Gasteiger partial charge in [-0.3, -0.25) is 9.52 Å². The van der Waals surface area contributed by atoms with Crippen molar-refractivity contribution in [1.82, 2.24) is 0 Å². The van der Waals surface area contributed by atoms with Gasteiger partial charge in [0.1, 0.15) is 0 Å². The van der Waals surface area contributed by atoms with Gasteiger partial charge in [-0.2, -0.15) is 0 Å². The van der Waals surface area contributed by atoms with Crippen LogP contribution in [0.3, 0.4) is 0 Å². The van der Waals surface area contributed by atoms with Gasteiger partial charge in [-0.1, -0.05) is 29.8 Å². The summed E-state index contributed by atoms with van der Waals surface area (Å²) in [6.07, 6.45) is 0. The second-order valence-electron chi connectivity index (χ2n) is 6.78. The second-order valence-corrected chi connectivity index (χ2v) is 8.44. The maximum Gasteiger partial charge on any atom is 0.262 e. The first-order valence-corrected chi connectivity index (χ1v) is 10.3. The van der Waals surface area contributed by atoms with Crippen LogP contribution < -0.4 is 9.62 Å². The van der Waals surface area contributed by atoms with Crippen molar-refractivity contribution in [3.63, 3.8) is 0 Å². The van der Waals surface area contributed by atoms with E-state index in [1.165, 1.54) is 0 Å². The number of carbonyl (C=O) groups is 1. The standard InChI is InChI=1S/C21H20N2O3S/c1-4-23-18-10-11-19(15-6-5-7-16(20(15)18)21(23)24)27(25,26)22-17-9-8-13(2)12-14(17)3/h5-12,22H,4H2,1-3H3. The molecule has 1 aliphatic rings. The van der Waals surface area contributed by atoms with Gasteiger partial charge in [0.05, 0.1) is 16.3 Å². The molecule has 0 aromatic heterocycles. The summed E-state index contributed by atoms with van der Waals surface area (Å²) in [7, 11) is -3.80. The molecule has 1 amide bonds. The van der Waals surface area contributed by atoms with Crippen molar-refractivity contribution in [2.24, 2.45) is 0 Å². The lowest BCUT2D eigenvalue weighted by molar-refractivity contribution is 0.0994. The lowest BCUT2D eigenvalue weighted by atomic mass is 10.1. The number of aryl methyl sites for hydroxylation is 2. The first-order chi connectivity index (χ1) is 12.8. The van der Waals surface area contributed by atoms with Gasteiger partial charge < -0.3 is 4.90 Å². The van der Waals surface area contributed by atoms with E-state index >= 15 is 0 Å². The van der Waals surface area contributed by atoms with Crippen LogP contribution in [0, 0.1) is 13.8 Å². The summed E-state index contributed by atoms with van der Waals surface area (Å²) in [5.74, 6) is -0.0880. The number of hydrogen-bond donors (Lipinski definition) is 1. The van der Waals surface area contributed by atoms with Crippen molar-refractivity contribution in [3.05, 3.63) is 65.2 Å². The Kier molecular flexibility index (Phi) is 3.96. The zero-order chi connectivity index (χ0) is 19.3. The molecule has 0 saturated carbocycles. The van der Waals surface area contributed by atoms with E-state index in [4.69, 9.17) is 0 Å². The van der Waals surface area contributed by atoms with Crippen molar-refractivity contribution in [2.75, 3.05) is 16.2 Å². The highest BCUT2D eigenvalue weighted by molar-refractivity contribution is 7.93. The van der Waals surface area contributed by atoms with Gasteiger partial charge in [-0.15, -0.1) is 0 Å². The predicted octanol–water partition coefficient (Wildman–Crippen LogP) is 4.24. The quantitative estimate of drug-likeness (QED) is 0.736. The molecule has 1 aliphatic heterocycles. The second kappa shape index (κ2) is 6.09. The maximum absolute atomic E-state index is 13.1. The highest BCUT2D eigenvalue weighted by Gasteiger charge is 2.31. The third kappa shape index (κ3) is 2.68. The molecular weight excluding hydrogens is 360 g/mol. The molecule has 0 aliphatic carbocycles. The van der Waals surface area contributed by atoms with Crippen LogP contribution >= 0.6 is 0 Å². The SMILES string of the molecule is CCN1C(=O)c2cccc3c(S(=O)(=O)Nc4ccc(C)cc4C)ccc1c23. The number of carbonyl (C=O) groups excluding carboxylic acids is 1. The van der Waals surface area contributed by atoms with E-state index in [-0.39, 0.29) is 10.8 Å². The van der Waals surface area contributed by atoms with Gasteiger partial charge in [0, 0.05) is 22.9 Å². The Balaban J connectivity index is 1.88. The van der Waals surface area contributed by atoms with E-state index < -0.39 is 10.0 Å². The molecule has 0 radical (unpaired) electrons. The summed E-state index contributed by atoms with van der Waals surface area (Å²) < 4.78 is 28.9. The van der Waals surface area contributed by atoms with Crippen LogP contribution in [0.25, 0.3) is 10.8 Å². The highest BCUT2D eigenvalue weighted by Crippen LogP contribution is 2.40. The van der Waals surface area contributed by atoms with E-state index in [1.54, 1.807) is 41.3 Å². The van der Waals surface area contributed by atoms with E-state index in [0.717, 1.165) is 16.8 Å². The average Bonchev–Trinajstić information content (AvgIpc) is 2.91. The third-order valence-electron chi connectivity index (χ3n) is 4.98. The van der Waals surface area contributed by atoms with Crippen LogP contribution in [-0.4, -0.2) is 20.9 Å². The molecule has 0 fully saturated rings. The number of benzene rings is 3. The number of sulfonamides is 1. The van der Waals surface area contributed by atoms with Crippen LogP contribution in [0.15, 0.2) is 53.4 Å². The van der Waals surface area contributed by atoms with Crippen molar-refractivity contribution < 1.29 is 13.2 Å². The molecule has 0 bridgehead atoms. The van der Waals surface area contributed by atoms with Gasteiger partial charge in [0.15, 0.2) is 0 Å². The van der Waals surface area contributed by atoms with Crippen LogP contribution in [0.5, 0.6) is 0 Å².